The maximum Gasteiger partial charge on any atom is 0.274 e. The van der Waals surface area contributed by atoms with Crippen molar-refractivity contribution in [3.63, 3.8) is 0 Å². The molecule has 0 saturated carbocycles. The number of rotatable bonds is 2. The molecule has 1 N–H and O–H groups in total. The van der Waals surface area contributed by atoms with Crippen LogP contribution in [-0.2, 0) is 0 Å². The van der Waals surface area contributed by atoms with Crippen LogP contribution in [0.3, 0.4) is 0 Å². The Morgan fingerprint density at radius 3 is 2.70 bits per heavy atom. The average Bonchev–Trinajstić information content (AvgIpc) is 2.79. The highest BCUT2D eigenvalue weighted by molar-refractivity contribution is 9.10. The number of nitrogens with zero attached hydrogens (tertiary/aromatic N) is 2. The lowest BCUT2D eigenvalue weighted by Gasteiger charge is -2.08. The van der Waals surface area contributed by atoms with Crippen molar-refractivity contribution >= 4 is 56.4 Å². The van der Waals surface area contributed by atoms with Gasteiger partial charge in [0.2, 0.25) is 0 Å². The van der Waals surface area contributed by atoms with Crippen LogP contribution in [0.15, 0.2) is 34.9 Å². The van der Waals surface area contributed by atoms with Gasteiger partial charge in [-0.2, -0.15) is 0 Å². The normalized spacial score (nSPS) is 11.0. The number of nitrogens with one attached hydrogen (secondary N) is 1. The molecule has 0 aliphatic rings. The molecule has 2 aromatic heterocycles. The predicted molar refractivity (Wildman–Crippen MR) is 96.8 cm³/mol. The number of amides is 1. The molecule has 3 rings (SSSR count). The predicted octanol–water partition coefficient (Wildman–Crippen LogP) is 5.27. The van der Waals surface area contributed by atoms with Crippen molar-refractivity contribution in [2.24, 2.45) is 0 Å². The van der Waals surface area contributed by atoms with Crippen molar-refractivity contribution < 1.29 is 4.79 Å². The van der Waals surface area contributed by atoms with Crippen molar-refractivity contribution in [2.75, 3.05) is 5.32 Å². The largest absolute Gasteiger partial charge is 0.321 e. The SMILES string of the molecule is Cc1cc(NC(=O)c2c(C)nc3c(Cl)cc(Cl)cn23)ccc1Br. The molecular formula is C16H12BrCl2N3O. The van der Waals surface area contributed by atoms with Crippen molar-refractivity contribution in [3.05, 3.63) is 61.9 Å². The number of hydrogen-bond acceptors (Lipinski definition) is 2. The third kappa shape index (κ3) is 3.09. The molecule has 0 fully saturated rings. The van der Waals surface area contributed by atoms with E-state index in [9.17, 15) is 4.79 Å². The van der Waals surface area contributed by atoms with Gasteiger partial charge in [0, 0.05) is 16.4 Å². The first-order chi connectivity index (χ1) is 10.9. The molecule has 0 atom stereocenters. The number of aromatic nitrogens is 2. The Bertz CT molecular complexity index is 937. The fourth-order valence-electron chi connectivity index (χ4n) is 2.37. The van der Waals surface area contributed by atoms with Crippen LogP contribution in [0.1, 0.15) is 21.7 Å². The van der Waals surface area contributed by atoms with Gasteiger partial charge in [0.25, 0.3) is 5.91 Å². The lowest BCUT2D eigenvalue weighted by atomic mass is 10.2. The molecule has 7 heteroatoms. The van der Waals surface area contributed by atoms with E-state index in [4.69, 9.17) is 23.2 Å². The van der Waals surface area contributed by atoms with Crippen LogP contribution >= 0.6 is 39.1 Å². The summed E-state index contributed by atoms with van der Waals surface area (Å²) < 4.78 is 2.60. The molecule has 1 aromatic carbocycles. The fourth-order valence-corrected chi connectivity index (χ4v) is 3.13. The first-order valence-electron chi connectivity index (χ1n) is 6.78. The minimum absolute atomic E-state index is 0.268. The van der Waals surface area contributed by atoms with Gasteiger partial charge >= 0.3 is 0 Å². The zero-order chi connectivity index (χ0) is 16.7. The molecule has 0 saturated heterocycles. The van der Waals surface area contributed by atoms with E-state index in [1.54, 1.807) is 23.6 Å². The van der Waals surface area contributed by atoms with Gasteiger partial charge in [-0.05, 0) is 43.7 Å². The number of benzene rings is 1. The van der Waals surface area contributed by atoms with E-state index >= 15 is 0 Å². The Morgan fingerprint density at radius 1 is 1.26 bits per heavy atom. The molecule has 0 unspecified atom stereocenters. The zero-order valence-corrected chi connectivity index (χ0v) is 15.4. The Morgan fingerprint density at radius 2 is 2.00 bits per heavy atom. The van der Waals surface area contributed by atoms with E-state index in [0.29, 0.717) is 32.8 Å². The summed E-state index contributed by atoms with van der Waals surface area (Å²) in [6, 6.07) is 7.21. The maximum absolute atomic E-state index is 12.7. The van der Waals surface area contributed by atoms with Gasteiger partial charge in [-0.1, -0.05) is 39.1 Å². The highest BCUT2D eigenvalue weighted by atomic mass is 79.9. The Labute approximate surface area is 151 Å². The van der Waals surface area contributed by atoms with Crippen LogP contribution in [0, 0.1) is 13.8 Å². The molecule has 3 aromatic rings. The Hall–Kier alpha value is -1.56. The zero-order valence-electron chi connectivity index (χ0n) is 12.3. The minimum atomic E-state index is -0.268. The van der Waals surface area contributed by atoms with Gasteiger partial charge < -0.3 is 5.32 Å². The first-order valence-corrected chi connectivity index (χ1v) is 8.33. The van der Waals surface area contributed by atoms with Crippen LogP contribution < -0.4 is 5.32 Å². The van der Waals surface area contributed by atoms with Gasteiger partial charge in [0.15, 0.2) is 5.65 Å². The highest BCUT2D eigenvalue weighted by Crippen LogP contribution is 2.25. The molecule has 2 heterocycles. The quantitative estimate of drug-likeness (QED) is 0.622. The second-order valence-corrected chi connectivity index (χ2v) is 6.86. The molecule has 0 bridgehead atoms. The minimum Gasteiger partial charge on any atom is -0.321 e. The summed E-state index contributed by atoms with van der Waals surface area (Å²) in [6.07, 6.45) is 1.63. The molecule has 23 heavy (non-hydrogen) atoms. The Kier molecular flexibility index (Phi) is 4.36. The smallest absolute Gasteiger partial charge is 0.274 e. The fraction of sp³-hybridized carbons (Fsp3) is 0.125. The van der Waals surface area contributed by atoms with Gasteiger partial charge in [-0.15, -0.1) is 0 Å². The van der Waals surface area contributed by atoms with Gasteiger partial charge in [-0.25, -0.2) is 4.98 Å². The van der Waals surface area contributed by atoms with Crippen molar-refractivity contribution in [1.29, 1.82) is 0 Å². The van der Waals surface area contributed by atoms with Crippen LogP contribution in [-0.4, -0.2) is 15.3 Å². The van der Waals surface area contributed by atoms with E-state index in [0.717, 1.165) is 10.0 Å². The number of carbonyl (C=O) groups is 1. The number of aryl methyl sites for hydroxylation is 2. The number of carbonyl (C=O) groups excluding carboxylic acids is 1. The number of imidazole rings is 1. The molecular weight excluding hydrogens is 401 g/mol. The first kappa shape index (κ1) is 16.3. The molecule has 1 amide bonds. The van der Waals surface area contributed by atoms with Gasteiger partial charge in [0.05, 0.1) is 15.7 Å². The molecule has 0 aliphatic carbocycles. The molecule has 0 aliphatic heterocycles. The number of fused-ring (bicyclic) bond motifs is 1. The summed E-state index contributed by atoms with van der Waals surface area (Å²) >= 11 is 15.6. The average molecular weight is 413 g/mol. The summed E-state index contributed by atoms with van der Waals surface area (Å²) in [5.74, 6) is -0.268. The van der Waals surface area contributed by atoms with Gasteiger partial charge in [-0.3, -0.25) is 9.20 Å². The van der Waals surface area contributed by atoms with E-state index in [-0.39, 0.29) is 5.91 Å². The summed E-state index contributed by atoms with van der Waals surface area (Å²) in [4.78, 5) is 17.0. The Balaban J connectivity index is 2.04. The molecule has 0 radical (unpaired) electrons. The molecule has 118 valence electrons. The van der Waals surface area contributed by atoms with Crippen molar-refractivity contribution in [1.82, 2.24) is 9.38 Å². The van der Waals surface area contributed by atoms with Crippen LogP contribution in [0.2, 0.25) is 10.0 Å². The monoisotopic (exact) mass is 411 g/mol. The standard InChI is InChI=1S/C16H12BrCl2N3O/c1-8-5-11(3-4-12(8)17)21-16(23)14-9(2)20-15-13(19)6-10(18)7-22(14)15/h3-7H,1-2H3,(H,21,23). The van der Waals surface area contributed by atoms with Crippen molar-refractivity contribution in [3.8, 4) is 0 Å². The van der Waals surface area contributed by atoms with Gasteiger partial charge in [0.1, 0.15) is 5.69 Å². The summed E-state index contributed by atoms with van der Waals surface area (Å²) in [5, 5.41) is 3.72. The van der Waals surface area contributed by atoms with Crippen LogP contribution in [0.25, 0.3) is 5.65 Å². The number of halogens is 3. The summed E-state index contributed by atoms with van der Waals surface area (Å²) in [5.41, 5.74) is 3.23. The lowest BCUT2D eigenvalue weighted by molar-refractivity contribution is 0.102. The highest BCUT2D eigenvalue weighted by Gasteiger charge is 2.19. The third-order valence-corrected chi connectivity index (χ3v) is 4.82. The van der Waals surface area contributed by atoms with E-state index in [1.165, 1.54) is 0 Å². The second kappa shape index (κ2) is 6.15. The topological polar surface area (TPSA) is 46.4 Å². The third-order valence-electron chi connectivity index (χ3n) is 3.45. The molecule has 0 spiro atoms. The summed E-state index contributed by atoms with van der Waals surface area (Å²) in [6.45, 7) is 3.72. The number of pyridine rings is 1. The second-order valence-electron chi connectivity index (χ2n) is 5.16. The number of anilines is 1. The maximum atomic E-state index is 12.7. The summed E-state index contributed by atoms with van der Waals surface area (Å²) in [7, 11) is 0. The number of hydrogen-bond donors (Lipinski definition) is 1. The van der Waals surface area contributed by atoms with Crippen molar-refractivity contribution in [2.45, 2.75) is 13.8 Å². The van der Waals surface area contributed by atoms with E-state index in [2.05, 4.69) is 26.2 Å². The van der Waals surface area contributed by atoms with Crippen LogP contribution in [0.4, 0.5) is 5.69 Å². The van der Waals surface area contributed by atoms with E-state index in [1.807, 2.05) is 25.1 Å². The van der Waals surface area contributed by atoms with E-state index < -0.39 is 0 Å². The lowest BCUT2D eigenvalue weighted by Crippen LogP contribution is -2.15. The van der Waals surface area contributed by atoms with Crippen LogP contribution in [0.5, 0.6) is 0 Å². The molecule has 4 nitrogen and oxygen atoms in total.